The van der Waals surface area contributed by atoms with E-state index in [9.17, 15) is 4.39 Å². The van der Waals surface area contributed by atoms with E-state index in [1.807, 2.05) is 37.3 Å². The molecule has 0 heterocycles. The predicted molar refractivity (Wildman–Crippen MR) is 69.8 cm³/mol. The summed E-state index contributed by atoms with van der Waals surface area (Å²) in [4.78, 5) is 0. The van der Waals surface area contributed by atoms with Gasteiger partial charge in [-0.1, -0.05) is 36.4 Å². The molecule has 0 saturated heterocycles. The van der Waals surface area contributed by atoms with E-state index >= 15 is 0 Å². The van der Waals surface area contributed by atoms with Gasteiger partial charge >= 0.3 is 0 Å². The van der Waals surface area contributed by atoms with Crippen LogP contribution in [0.5, 0.6) is 5.75 Å². The maximum absolute atomic E-state index is 13.2. The molecular weight excluding hydrogens is 229 g/mol. The fraction of sp³-hybridized carbons (Fsp3) is 0.200. The maximum atomic E-state index is 13.2. The van der Waals surface area contributed by atoms with Gasteiger partial charge in [0.05, 0.1) is 0 Å². The van der Waals surface area contributed by atoms with Crippen molar-refractivity contribution in [3.05, 3.63) is 65.5 Å². The first-order valence-corrected chi connectivity index (χ1v) is 5.92. The highest BCUT2D eigenvalue weighted by molar-refractivity contribution is 5.29. The van der Waals surface area contributed by atoms with Gasteiger partial charge in [0.15, 0.2) is 11.6 Å². The van der Waals surface area contributed by atoms with E-state index in [0.29, 0.717) is 0 Å². The summed E-state index contributed by atoms with van der Waals surface area (Å²) in [6, 6.07) is 14.5. The van der Waals surface area contributed by atoms with Crippen molar-refractivity contribution in [1.82, 2.24) is 5.32 Å². The lowest BCUT2D eigenvalue weighted by atomic mass is 10.1. The first-order valence-electron chi connectivity index (χ1n) is 5.92. The number of nitrogens with one attached hydrogen (secondary N) is 1. The van der Waals surface area contributed by atoms with E-state index in [1.165, 1.54) is 17.7 Å². The van der Waals surface area contributed by atoms with E-state index in [4.69, 9.17) is 5.11 Å². The van der Waals surface area contributed by atoms with Crippen molar-refractivity contribution >= 4 is 0 Å². The van der Waals surface area contributed by atoms with Gasteiger partial charge in [0, 0.05) is 12.6 Å². The number of halogens is 1. The summed E-state index contributed by atoms with van der Waals surface area (Å²) in [7, 11) is 0. The molecule has 0 aliphatic carbocycles. The first kappa shape index (κ1) is 12.6. The van der Waals surface area contributed by atoms with Gasteiger partial charge in [-0.3, -0.25) is 0 Å². The zero-order valence-corrected chi connectivity index (χ0v) is 10.2. The molecule has 94 valence electrons. The lowest BCUT2D eigenvalue weighted by molar-refractivity contribution is 0.430. The molecule has 3 heteroatoms. The highest BCUT2D eigenvalue weighted by Gasteiger charge is 2.08. The van der Waals surface area contributed by atoms with Gasteiger partial charge in [0.1, 0.15) is 0 Å². The van der Waals surface area contributed by atoms with Gasteiger partial charge in [-0.2, -0.15) is 0 Å². The molecule has 18 heavy (non-hydrogen) atoms. The Bertz CT molecular complexity index is 513. The molecule has 0 aliphatic rings. The molecular formula is C15H16FNO. The smallest absolute Gasteiger partial charge is 0.165 e. The summed E-state index contributed by atoms with van der Waals surface area (Å²) in [6.45, 7) is 2.69. The van der Waals surface area contributed by atoms with Gasteiger partial charge < -0.3 is 10.4 Å². The van der Waals surface area contributed by atoms with Gasteiger partial charge in [-0.25, -0.2) is 4.39 Å². The molecule has 0 spiro atoms. The Kier molecular flexibility index (Phi) is 3.95. The van der Waals surface area contributed by atoms with Gasteiger partial charge in [0.25, 0.3) is 0 Å². The van der Waals surface area contributed by atoms with Crippen LogP contribution in [-0.4, -0.2) is 5.11 Å². The molecule has 0 bridgehead atoms. The number of aromatic hydroxyl groups is 1. The van der Waals surface area contributed by atoms with Crippen molar-refractivity contribution in [1.29, 1.82) is 0 Å². The summed E-state index contributed by atoms with van der Waals surface area (Å²) in [5, 5.41) is 12.5. The highest BCUT2D eigenvalue weighted by Crippen LogP contribution is 2.20. The minimum atomic E-state index is -0.583. The lowest BCUT2D eigenvalue weighted by Gasteiger charge is -2.14. The van der Waals surface area contributed by atoms with Gasteiger partial charge in [-0.15, -0.1) is 0 Å². The molecule has 2 aromatic carbocycles. The normalized spacial score (nSPS) is 12.3. The van der Waals surface area contributed by atoms with Crippen LogP contribution in [0.3, 0.4) is 0 Å². The molecule has 0 fully saturated rings. The highest BCUT2D eigenvalue weighted by atomic mass is 19.1. The fourth-order valence-corrected chi connectivity index (χ4v) is 1.78. The number of hydrogen-bond acceptors (Lipinski definition) is 2. The molecule has 0 aliphatic heterocycles. The molecule has 2 rings (SSSR count). The summed E-state index contributed by atoms with van der Waals surface area (Å²) >= 11 is 0. The molecule has 0 amide bonds. The van der Waals surface area contributed by atoms with Crippen molar-refractivity contribution in [2.24, 2.45) is 0 Å². The molecule has 0 aromatic heterocycles. The monoisotopic (exact) mass is 245 g/mol. The summed E-state index contributed by atoms with van der Waals surface area (Å²) < 4.78 is 13.2. The molecule has 1 atom stereocenters. The summed E-state index contributed by atoms with van der Waals surface area (Å²) in [5.41, 5.74) is 2.00. The van der Waals surface area contributed by atoms with Crippen molar-refractivity contribution in [3.8, 4) is 5.75 Å². The SMILES string of the molecule is C[C@@H](NCc1ccccc1)c1ccc(O)c(F)c1. The minimum Gasteiger partial charge on any atom is -0.505 e. The van der Waals surface area contributed by atoms with Crippen LogP contribution < -0.4 is 5.32 Å². The van der Waals surface area contributed by atoms with Crippen molar-refractivity contribution in [2.45, 2.75) is 19.5 Å². The van der Waals surface area contributed by atoms with Crippen LogP contribution in [0.1, 0.15) is 24.1 Å². The van der Waals surface area contributed by atoms with Crippen LogP contribution in [0.15, 0.2) is 48.5 Å². The maximum Gasteiger partial charge on any atom is 0.165 e. The number of phenolic OH excluding ortho intramolecular Hbond substituents is 1. The zero-order valence-electron chi connectivity index (χ0n) is 10.2. The van der Waals surface area contributed by atoms with E-state index in [0.717, 1.165) is 12.1 Å². The van der Waals surface area contributed by atoms with E-state index in [1.54, 1.807) is 6.07 Å². The van der Waals surface area contributed by atoms with Crippen LogP contribution in [-0.2, 0) is 6.54 Å². The molecule has 2 aromatic rings. The fourth-order valence-electron chi connectivity index (χ4n) is 1.78. The number of hydrogen-bond donors (Lipinski definition) is 2. The average molecular weight is 245 g/mol. The predicted octanol–water partition coefficient (Wildman–Crippen LogP) is 3.38. The Labute approximate surface area is 106 Å². The minimum absolute atomic E-state index is 0.0281. The van der Waals surface area contributed by atoms with Crippen LogP contribution in [0.25, 0.3) is 0 Å². The van der Waals surface area contributed by atoms with Crippen molar-refractivity contribution < 1.29 is 9.50 Å². The molecule has 0 radical (unpaired) electrons. The largest absolute Gasteiger partial charge is 0.505 e. The summed E-state index contributed by atoms with van der Waals surface area (Å²) in [6.07, 6.45) is 0. The first-order chi connectivity index (χ1) is 8.66. The van der Waals surface area contributed by atoms with E-state index in [2.05, 4.69) is 5.32 Å². The van der Waals surface area contributed by atoms with E-state index < -0.39 is 5.82 Å². The molecule has 2 N–H and O–H groups in total. The Balaban J connectivity index is 1.99. The summed E-state index contributed by atoms with van der Waals surface area (Å²) in [5.74, 6) is -0.894. The molecule has 0 unspecified atom stereocenters. The number of benzene rings is 2. The quantitative estimate of drug-likeness (QED) is 0.865. The Morgan fingerprint density at radius 2 is 1.89 bits per heavy atom. The Morgan fingerprint density at radius 3 is 2.56 bits per heavy atom. The van der Waals surface area contributed by atoms with E-state index in [-0.39, 0.29) is 11.8 Å². The number of phenols is 1. The second-order valence-electron chi connectivity index (χ2n) is 4.30. The Hall–Kier alpha value is -1.87. The van der Waals surface area contributed by atoms with Crippen molar-refractivity contribution in [3.63, 3.8) is 0 Å². The van der Waals surface area contributed by atoms with Crippen LogP contribution in [0.4, 0.5) is 4.39 Å². The topological polar surface area (TPSA) is 32.3 Å². The molecule has 2 nitrogen and oxygen atoms in total. The van der Waals surface area contributed by atoms with Crippen LogP contribution in [0, 0.1) is 5.82 Å². The third-order valence-corrected chi connectivity index (χ3v) is 2.93. The van der Waals surface area contributed by atoms with Gasteiger partial charge in [-0.05, 0) is 30.2 Å². The van der Waals surface area contributed by atoms with Crippen LogP contribution >= 0.6 is 0 Å². The lowest BCUT2D eigenvalue weighted by Crippen LogP contribution is -2.18. The average Bonchev–Trinajstić information content (AvgIpc) is 2.40. The standard InChI is InChI=1S/C15H16FNO/c1-11(13-7-8-15(18)14(16)9-13)17-10-12-5-3-2-4-6-12/h2-9,11,17-18H,10H2,1H3/t11-/m1/s1. The zero-order chi connectivity index (χ0) is 13.0. The van der Waals surface area contributed by atoms with Crippen LogP contribution in [0.2, 0.25) is 0 Å². The third kappa shape index (κ3) is 3.08. The Morgan fingerprint density at radius 1 is 1.17 bits per heavy atom. The van der Waals surface area contributed by atoms with Gasteiger partial charge in [0.2, 0.25) is 0 Å². The third-order valence-electron chi connectivity index (χ3n) is 2.93. The second kappa shape index (κ2) is 5.65. The second-order valence-corrected chi connectivity index (χ2v) is 4.30. The molecule has 0 saturated carbocycles. The number of rotatable bonds is 4. The van der Waals surface area contributed by atoms with Crippen molar-refractivity contribution in [2.75, 3.05) is 0 Å².